The Hall–Kier alpha value is -7.82. The Morgan fingerprint density at radius 1 is 0.444 bits per heavy atom. The summed E-state index contributed by atoms with van der Waals surface area (Å²) in [5.41, 5.74) is 38.1. The van der Waals surface area contributed by atoms with Gasteiger partial charge in [-0.1, -0.05) is 0 Å². The molecule has 0 aromatic rings. The molecule has 3 fully saturated rings. The van der Waals surface area contributed by atoms with Crippen LogP contribution < -0.4 is 72.0 Å². The summed E-state index contributed by atoms with van der Waals surface area (Å²) in [6.45, 7) is -0.187. The molecule has 3 saturated heterocycles. The summed E-state index contributed by atoms with van der Waals surface area (Å²) in [6, 6.07) is -11.9. The Labute approximate surface area is 413 Å². The van der Waals surface area contributed by atoms with Crippen molar-refractivity contribution < 1.29 is 62.6 Å². The summed E-state index contributed by atoms with van der Waals surface area (Å²) in [4.78, 5) is 172. The van der Waals surface area contributed by atoms with Crippen LogP contribution in [0.1, 0.15) is 103 Å². The van der Waals surface area contributed by atoms with Crippen molar-refractivity contribution in [2.24, 2.45) is 50.1 Å². The summed E-state index contributed by atoms with van der Waals surface area (Å²) in [7, 11) is 0. The number of rotatable bonds is 20. The number of amides is 11. The molecule has 0 saturated carbocycles. The van der Waals surface area contributed by atoms with Crippen molar-refractivity contribution in [1.29, 1.82) is 0 Å². The molecule has 8 atom stereocenters. The van der Waals surface area contributed by atoms with Gasteiger partial charge >= 0.3 is 5.97 Å². The van der Waals surface area contributed by atoms with Gasteiger partial charge in [-0.15, -0.1) is 0 Å². The quantitative estimate of drug-likeness (QED) is 0.0306. The van der Waals surface area contributed by atoms with E-state index < -0.39 is 164 Å². The highest BCUT2D eigenvalue weighted by Gasteiger charge is 2.42. The molecule has 3 aliphatic heterocycles. The Bertz CT molecular complexity index is 1950. The normalized spacial score (nSPS) is 24.9. The molecule has 11 amide bonds. The lowest BCUT2D eigenvalue weighted by Crippen LogP contribution is -2.61. The van der Waals surface area contributed by atoms with E-state index in [2.05, 4.69) is 41.9 Å². The summed E-state index contributed by atoms with van der Waals surface area (Å²) in [5, 5.41) is 24.8. The number of hydrogen-bond acceptors (Lipinski definition) is 14. The predicted octanol–water partition coefficient (Wildman–Crippen LogP) is -7.34. The van der Waals surface area contributed by atoms with E-state index in [0.717, 1.165) is 9.80 Å². The Kier molecular flexibility index (Phi) is 23.4. The lowest BCUT2D eigenvalue weighted by atomic mass is 10.0. The van der Waals surface area contributed by atoms with Crippen LogP contribution in [0.3, 0.4) is 0 Å². The van der Waals surface area contributed by atoms with Gasteiger partial charge in [0.2, 0.25) is 65.0 Å². The van der Waals surface area contributed by atoms with Gasteiger partial charge in [0.25, 0.3) is 0 Å². The third-order valence-electron chi connectivity index (χ3n) is 12.0. The van der Waals surface area contributed by atoms with Gasteiger partial charge in [-0.2, -0.15) is 0 Å². The second-order valence-electron chi connectivity index (χ2n) is 17.6. The van der Waals surface area contributed by atoms with Gasteiger partial charge in [-0.3, -0.25) is 67.5 Å². The van der Waals surface area contributed by atoms with Gasteiger partial charge in [0, 0.05) is 51.9 Å². The monoisotopic (exact) mass is 1020 g/mol. The molecule has 3 heterocycles. The summed E-state index contributed by atoms with van der Waals surface area (Å²) in [5.74, 6) is -12.0. The molecule has 3 aliphatic rings. The number of carbonyl (C=O) groups excluding carboxylic acids is 11. The fourth-order valence-electron chi connectivity index (χ4n) is 8.36. The largest absolute Gasteiger partial charge is 0.481 e. The van der Waals surface area contributed by atoms with E-state index in [1.807, 2.05) is 0 Å². The smallest absolute Gasteiger partial charge is 0.303 e. The average Bonchev–Trinajstić information content (AvgIpc) is 4.01. The number of guanidine groups is 2. The third-order valence-corrected chi connectivity index (χ3v) is 12.0. The van der Waals surface area contributed by atoms with Crippen LogP contribution >= 0.6 is 0 Å². The first-order valence-corrected chi connectivity index (χ1v) is 23.6. The summed E-state index contributed by atoms with van der Waals surface area (Å²) >= 11 is 0. The molecule has 0 aliphatic carbocycles. The van der Waals surface area contributed by atoms with Gasteiger partial charge in [-0.25, -0.2) is 0 Å². The third kappa shape index (κ3) is 19.2. The number of carbonyl (C=O) groups is 12. The van der Waals surface area contributed by atoms with Crippen molar-refractivity contribution in [3.63, 3.8) is 0 Å². The maximum atomic E-state index is 14.4. The lowest BCUT2D eigenvalue weighted by molar-refractivity contribution is -0.144. The second-order valence-corrected chi connectivity index (χ2v) is 17.6. The highest BCUT2D eigenvalue weighted by molar-refractivity contribution is 5.99. The number of nitrogens with two attached hydrogens (primary N) is 7. The Morgan fingerprint density at radius 3 is 1.06 bits per heavy atom. The molecule has 400 valence electrons. The topological polar surface area (TPSA) is 511 Å². The molecule has 0 unspecified atom stereocenters. The van der Waals surface area contributed by atoms with Gasteiger partial charge < -0.3 is 86.9 Å². The minimum absolute atomic E-state index is 0.0254. The molecule has 3 rings (SSSR count). The summed E-state index contributed by atoms with van der Waals surface area (Å²) in [6.07, 6.45) is -3.36. The number of hydrogen-bond donors (Lipinski definition) is 14. The molecule has 72 heavy (non-hydrogen) atoms. The molecule has 0 radical (unpaired) electrons. The molecular formula is C42H69N17O13. The van der Waals surface area contributed by atoms with Crippen LogP contribution in [0.2, 0.25) is 0 Å². The number of aliphatic carboxylic acids is 1. The van der Waals surface area contributed by atoms with Crippen molar-refractivity contribution in [2.45, 2.75) is 151 Å². The molecule has 30 heteroatoms. The molecular weight excluding hydrogens is 951 g/mol. The van der Waals surface area contributed by atoms with Crippen LogP contribution in [0.4, 0.5) is 0 Å². The predicted molar refractivity (Wildman–Crippen MR) is 253 cm³/mol. The first-order chi connectivity index (χ1) is 34.0. The highest BCUT2D eigenvalue weighted by Crippen LogP contribution is 2.23. The number of nitrogens with one attached hydrogen (secondary N) is 6. The average molecular weight is 1020 g/mol. The number of fused-ring (bicyclic) bond motifs is 2. The maximum Gasteiger partial charge on any atom is 0.303 e. The molecule has 30 nitrogen and oxygen atoms in total. The fraction of sp³-hybridized carbons (Fsp3) is 0.667. The molecule has 21 N–H and O–H groups in total. The number of primary amides is 3. The van der Waals surface area contributed by atoms with E-state index in [1.165, 1.54) is 0 Å². The van der Waals surface area contributed by atoms with E-state index in [-0.39, 0.29) is 95.9 Å². The molecule has 0 aromatic carbocycles. The van der Waals surface area contributed by atoms with E-state index >= 15 is 0 Å². The van der Waals surface area contributed by atoms with Gasteiger partial charge in [0.15, 0.2) is 11.9 Å². The number of carboxylic acids is 1. The maximum absolute atomic E-state index is 14.4. The van der Waals surface area contributed by atoms with E-state index in [4.69, 9.17) is 40.1 Å². The van der Waals surface area contributed by atoms with Crippen LogP contribution in [0.25, 0.3) is 0 Å². The molecule has 0 spiro atoms. The standard InChI is InChI=1S/C42H69N17O13/c43-29(60)13-9-23-35(67)52-21(5-1-17-50-41(46)47)33(65)56-25(11-15-31(45)62)39(71)58-19-3-7-27(58)37(69)54-24(10-14-30(44)61)36(68)53-22(6-2-18-51-42(48)49)34(66)57-26(12-16-32(63)64)40(72)59-20-4-8-28(59)38(70)55-23/h21-28H,1-20H2,(H2,43,60)(H2,44,61)(H2,45,62)(H,52,67)(H,53,68)(H,54,69)(H,55,70)(H,56,65)(H,57,66)(H,63,64)(H4,46,47,50)(H4,48,49,51)/t21-,22+,23+,24-,25+,26-,27-,28+/m1/s1. The van der Waals surface area contributed by atoms with Crippen LogP contribution in [0.15, 0.2) is 9.98 Å². The highest BCUT2D eigenvalue weighted by atomic mass is 16.4. The molecule has 0 aromatic heterocycles. The van der Waals surface area contributed by atoms with Gasteiger partial charge in [-0.05, 0) is 77.0 Å². The van der Waals surface area contributed by atoms with E-state index in [1.54, 1.807) is 0 Å². The zero-order valence-corrected chi connectivity index (χ0v) is 39.9. The number of carboxylic acid groups (broad SMARTS) is 1. The van der Waals surface area contributed by atoms with Crippen LogP contribution in [-0.2, 0) is 57.5 Å². The van der Waals surface area contributed by atoms with Crippen molar-refractivity contribution in [3.8, 4) is 0 Å². The van der Waals surface area contributed by atoms with Crippen LogP contribution in [0, 0.1) is 0 Å². The first kappa shape index (κ1) is 58.5. The van der Waals surface area contributed by atoms with Crippen molar-refractivity contribution in [3.05, 3.63) is 0 Å². The zero-order valence-electron chi connectivity index (χ0n) is 39.9. The zero-order chi connectivity index (χ0) is 53.7. The van der Waals surface area contributed by atoms with Gasteiger partial charge in [0.05, 0.1) is 0 Å². The second kappa shape index (κ2) is 28.7. The lowest BCUT2D eigenvalue weighted by Gasteiger charge is -2.32. The fourth-order valence-corrected chi connectivity index (χ4v) is 8.36. The minimum atomic E-state index is -1.61. The first-order valence-electron chi connectivity index (χ1n) is 23.6. The van der Waals surface area contributed by atoms with E-state index in [9.17, 15) is 62.6 Å². The van der Waals surface area contributed by atoms with Crippen molar-refractivity contribution in [2.75, 3.05) is 26.2 Å². The van der Waals surface area contributed by atoms with Gasteiger partial charge in [0.1, 0.15) is 48.3 Å². The summed E-state index contributed by atoms with van der Waals surface area (Å²) < 4.78 is 0. The Balaban J connectivity index is 2.21. The Morgan fingerprint density at radius 2 is 0.736 bits per heavy atom. The minimum Gasteiger partial charge on any atom is -0.481 e. The van der Waals surface area contributed by atoms with Crippen LogP contribution in [-0.4, -0.2) is 172 Å². The SMILES string of the molecule is NC(=O)CC[C@@H]1NC(=O)[C@@H]2CCCN2C(=O)[C@@H](CCC(=O)O)NC(=O)[C@H](CCCN=C(N)N)NC(=O)[C@@H](CCC(N)=O)NC(=O)[C@H]2CCCN2C(=O)[C@H](CCC(N)=O)NC(=O)[C@@H](CCCN=C(N)N)NC1=O. The van der Waals surface area contributed by atoms with Crippen molar-refractivity contribution in [1.82, 2.24) is 41.7 Å². The van der Waals surface area contributed by atoms with Crippen LogP contribution in [0.5, 0.6) is 0 Å². The number of aliphatic imine (C=N–C) groups is 2. The molecule has 0 bridgehead atoms. The number of nitrogens with zero attached hydrogens (tertiary/aromatic N) is 4. The van der Waals surface area contributed by atoms with Crippen molar-refractivity contribution >= 4 is 82.9 Å². The van der Waals surface area contributed by atoms with E-state index in [0.29, 0.717) is 0 Å².